The van der Waals surface area contributed by atoms with Gasteiger partial charge in [-0.05, 0) is 42.7 Å². The summed E-state index contributed by atoms with van der Waals surface area (Å²) in [6, 6.07) is 19.1. The van der Waals surface area contributed by atoms with Crippen LogP contribution in [-0.4, -0.2) is 30.7 Å². The van der Waals surface area contributed by atoms with Gasteiger partial charge in [0.1, 0.15) is 12.1 Å². The molecule has 1 aliphatic carbocycles. The van der Waals surface area contributed by atoms with Crippen LogP contribution in [0.1, 0.15) is 41.6 Å². The molecule has 0 aliphatic heterocycles. The Morgan fingerprint density at radius 3 is 2.28 bits per heavy atom. The fraction of sp³-hybridized carbons (Fsp3) is 0.308. The number of aromatic nitrogens is 1. The van der Waals surface area contributed by atoms with Gasteiger partial charge >= 0.3 is 0 Å². The Bertz CT molecular complexity index is 1110. The van der Waals surface area contributed by atoms with Crippen LogP contribution >= 0.6 is 0 Å². The number of pyridine rings is 1. The minimum Gasteiger partial charge on any atom is -0.493 e. The standard InChI is InChI=1S/C26H28N2O4/c1-30-22-16-20(17-23(31-2)25(22)32-18-19-10-4-3-5-11-19)26(29)28-15-9-8-14-24(28)27-21-12-6-7-13-21/h3-5,8-11,14-17,21H,6-7,12-13,18H2,1-2H3. The summed E-state index contributed by atoms with van der Waals surface area (Å²) in [6.45, 7) is 0.360. The highest BCUT2D eigenvalue weighted by molar-refractivity contribution is 5.97. The zero-order valence-corrected chi connectivity index (χ0v) is 18.5. The molecule has 0 saturated heterocycles. The lowest BCUT2D eigenvalue weighted by Gasteiger charge is -2.16. The van der Waals surface area contributed by atoms with E-state index in [2.05, 4.69) is 0 Å². The summed E-state index contributed by atoms with van der Waals surface area (Å²) in [5.74, 6) is 1.14. The minimum atomic E-state index is -0.200. The fourth-order valence-corrected chi connectivity index (χ4v) is 3.95. The topological polar surface area (TPSA) is 62.1 Å². The van der Waals surface area contributed by atoms with E-state index in [9.17, 15) is 4.79 Å². The lowest BCUT2D eigenvalue weighted by Crippen LogP contribution is -2.28. The van der Waals surface area contributed by atoms with Gasteiger partial charge in [0.25, 0.3) is 5.91 Å². The predicted octanol–water partition coefficient (Wildman–Crippen LogP) is 4.62. The molecule has 0 amide bonds. The summed E-state index contributed by atoms with van der Waals surface area (Å²) in [6.07, 6.45) is 6.26. The average molecular weight is 433 g/mol. The molecule has 3 aromatic rings. The molecule has 2 aromatic carbocycles. The monoisotopic (exact) mass is 432 g/mol. The van der Waals surface area contributed by atoms with Crippen LogP contribution in [0.5, 0.6) is 17.2 Å². The van der Waals surface area contributed by atoms with Crippen molar-refractivity contribution in [2.75, 3.05) is 14.2 Å². The molecule has 32 heavy (non-hydrogen) atoms. The second kappa shape index (κ2) is 10.2. The summed E-state index contributed by atoms with van der Waals surface area (Å²) in [5, 5.41) is 0. The molecule has 0 spiro atoms. The molecule has 6 heteroatoms. The van der Waals surface area contributed by atoms with E-state index in [-0.39, 0.29) is 11.9 Å². The molecule has 0 N–H and O–H groups in total. The van der Waals surface area contributed by atoms with Crippen LogP contribution in [0.3, 0.4) is 0 Å². The summed E-state index contributed by atoms with van der Waals surface area (Å²) in [5.41, 5.74) is 2.12. The van der Waals surface area contributed by atoms with Gasteiger partial charge < -0.3 is 14.2 Å². The molecular formula is C26H28N2O4. The van der Waals surface area contributed by atoms with E-state index in [0.29, 0.717) is 34.9 Å². The Balaban J connectivity index is 1.66. The van der Waals surface area contributed by atoms with Crippen molar-refractivity contribution in [3.8, 4) is 17.2 Å². The normalized spacial score (nSPS) is 14.4. The predicted molar refractivity (Wildman–Crippen MR) is 122 cm³/mol. The Morgan fingerprint density at radius 2 is 1.62 bits per heavy atom. The average Bonchev–Trinajstić information content (AvgIpc) is 3.36. The van der Waals surface area contributed by atoms with E-state index >= 15 is 0 Å². The van der Waals surface area contributed by atoms with Crippen molar-refractivity contribution in [2.24, 2.45) is 4.99 Å². The lowest BCUT2D eigenvalue weighted by molar-refractivity contribution is 0.0953. The fourth-order valence-electron chi connectivity index (χ4n) is 3.95. The van der Waals surface area contributed by atoms with Gasteiger partial charge in [0.2, 0.25) is 5.75 Å². The third-order valence-corrected chi connectivity index (χ3v) is 5.63. The molecule has 1 fully saturated rings. The summed E-state index contributed by atoms with van der Waals surface area (Å²) >= 11 is 0. The second-order valence-electron chi connectivity index (χ2n) is 7.79. The first-order valence-corrected chi connectivity index (χ1v) is 10.9. The van der Waals surface area contributed by atoms with Crippen molar-refractivity contribution < 1.29 is 19.0 Å². The molecule has 1 saturated carbocycles. The van der Waals surface area contributed by atoms with E-state index in [1.807, 2.05) is 48.5 Å². The molecule has 0 unspecified atom stereocenters. The van der Waals surface area contributed by atoms with Crippen LogP contribution < -0.4 is 19.7 Å². The summed E-state index contributed by atoms with van der Waals surface area (Å²) in [4.78, 5) is 18.2. The third kappa shape index (κ3) is 4.85. The SMILES string of the molecule is COc1cc(C(=O)n2ccccc2=NC2CCCC2)cc(OC)c1OCc1ccccc1. The zero-order valence-electron chi connectivity index (χ0n) is 18.5. The van der Waals surface area contributed by atoms with Crippen LogP contribution in [0.2, 0.25) is 0 Å². The Hall–Kier alpha value is -3.54. The second-order valence-corrected chi connectivity index (χ2v) is 7.79. The maximum atomic E-state index is 13.4. The van der Waals surface area contributed by atoms with E-state index < -0.39 is 0 Å². The number of benzene rings is 2. The first-order chi connectivity index (χ1) is 15.7. The van der Waals surface area contributed by atoms with Gasteiger partial charge in [-0.15, -0.1) is 0 Å². The molecule has 1 aliphatic rings. The van der Waals surface area contributed by atoms with Crippen molar-refractivity contribution in [1.29, 1.82) is 0 Å². The number of nitrogens with zero attached hydrogens (tertiary/aromatic N) is 2. The highest BCUT2D eigenvalue weighted by Gasteiger charge is 2.20. The molecule has 6 nitrogen and oxygen atoms in total. The van der Waals surface area contributed by atoms with Crippen LogP contribution in [0.15, 0.2) is 71.9 Å². The third-order valence-electron chi connectivity index (χ3n) is 5.63. The quantitative estimate of drug-likeness (QED) is 0.547. The number of carbonyl (C=O) groups is 1. The molecule has 166 valence electrons. The van der Waals surface area contributed by atoms with Crippen molar-refractivity contribution >= 4 is 5.91 Å². The number of carbonyl (C=O) groups excluding carboxylic acids is 1. The van der Waals surface area contributed by atoms with E-state index in [1.54, 1.807) is 37.1 Å². The lowest BCUT2D eigenvalue weighted by atomic mass is 10.1. The van der Waals surface area contributed by atoms with Gasteiger partial charge in [-0.3, -0.25) is 14.4 Å². The Kier molecular flexibility index (Phi) is 6.90. The van der Waals surface area contributed by atoms with E-state index in [1.165, 1.54) is 12.8 Å². The number of ether oxygens (including phenoxy) is 3. The highest BCUT2D eigenvalue weighted by atomic mass is 16.5. The smallest absolute Gasteiger partial charge is 0.263 e. The van der Waals surface area contributed by atoms with Crippen LogP contribution in [0.25, 0.3) is 0 Å². The first-order valence-electron chi connectivity index (χ1n) is 10.9. The van der Waals surface area contributed by atoms with Gasteiger partial charge in [-0.2, -0.15) is 0 Å². The van der Waals surface area contributed by atoms with E-state index in [4.69, 9.17) is 19.2 Å². The minimum absolute atomic E-state index is 0.200. The molecule has 4 rings (SSSR count). The Morgan fingerprint density at radius 1 is 0.969 bits per heavy atom. The van der Waals surface area contributed by atoms with Crippen LogP contribution in [0.4, 0.5) is 0 Å². The van der Waals surface area contributed by atoms with Gasteiger partial charge in [-0.25, -0.2) is 0 Å². The van der Waals surface area contributed by atoms with Crippen molar-refractivity contribution in [1.82, 2.24) is 4.57 Å². The van der Waals surface area contributed by atoms with Crippen molar-refractivity contribution in [3.05, 3.63) is 83.5 Å². The molecule has 0 bridgehead atoms. The van der Waals surface area contributed by atoms with Gasteiger partial charge in [0.05, 0.1) is 20.3 Å². The van der Waals surface area contributed by atoms with Crippen molar-refractivity contribution in [3.63, 3.8) is 0 Å². The molecular weight excluding hydrogens is 404 g/mol. The van der Waals surface area contributed by atoms with Gasteiger partial charge in [-0.1, -0.05) is 49.2 Å². The molecule has 0 radical (unpaired) electrons. The van der Waals surface area contributed by atoms with Crippen LogP contribution in [0, 0.1) is 0 Å². The maximum absolute atomic E-state index is 13.4. The van der Waals surface area contributed by atoms with Gasteiger partial charge in [0, 0.05) is 11.8 Å². The van der Waals surface area contributed by atoms with Crippen LogP contribution in [-0.2, 0) is 6.61 Å². The number of hydrogen-bond acceptors (Lipinski definition) is 5. The van der Waals surface area contributed by atoms with Gasteiger partial charge in [0.15, 0.2) is 11.5 Å². The maximum Gasteiger partial charge on any atom is 0.263 e. The van der Waals surface area contributed by atoms with Crippen molar-refractivity contribution in [2.45, 2.75) is 38.3 Å². The molecule has 1 heterocycles. The number of rotatable bonds is 7. The zero-order chi connectivity index (χ0) is 22.3. The summed E-state index contributed by atoms with van der Waals surface area (Å²) < 4.78 is 18.7. The largest absolute Gasteiger partial charge is 0.493 e. The number of methoxy groups -OCH3 is 2. The first kappa shape index (κ1) is 21.7. The number of hydrogen-bond donors (Lipinski definition) is 0. The van der Waals surface area contributed by atoms with E-state index in [0.717, 1.165) is 18.4 Å². The Labute approximate surface area is 188 Å². The summed E-state index contributed by atoms with van der Waals surface area (Å²) in [7, 11) is 3.10. The molecule has 1 aromatic heterocycles. The highest BCUT2D eigenvalue weighted by Crippen LogP contribution is 2.39. The molecule has 0 atom stereocenters.